The van der Waals surface area contributed by atoms with E-state index in [-0.39, 0.29) is 0 Å². The van der Waals surface area contributed by atoms with Crippen molar-refractivity contribution >= 4 is 35.2 Å². The van der Waals surface area contributed by atoms with E-state index in [0.29, 0.717) is 15.6 Å². The van der Waals surface area contributed by atoms with Gasteiger partial charge in [-0.3, -0.25) is 0 Å². The molecule has 1 aromatic rings. The van der Waals surface area contributed by atoms with E-state index in [1.165, 1.54) is 6.08 Å². The minimum atomic E-state index is -0.995. The maximum atomic E-state index is 10.2. The van der Waals surface area contributed by atoms with Gasteiger partial charge in [0.2, 0.25) is 0 Å². The van der Waals surface area contributed by atoms with Crippen molar-refractivity contribution in [3.8, 4) is 0 Å². The van der Waals surface area contributed by atoms with Crippen LogP contribution in [0, 0.1) is 0 Å². The van der Waals surface area contributed by atoms with Gasteiger partial charge >= 0.3 is 5.97 Å². The largest absolute Gasteiger partial charge is 0.478 e. The highest BCUT2D eigenvalue weighted by Gasteiger charge is 1.99. The molecule has 0 bridgehead atoms. The fraction of sp³-hybridized carbons (Fsp3) is 0. The summed E-state index contributed by atoms with van der Waals surface area (Å²) in [5.41, 5.74) is 0.677. The molecule has 0 heterocycles. The average molecular weight is 243 g/mol. The molecule has 1 rings (SSSR count). The Balaban J connectivity index is 2.85. The summed E-state index contributed by atoms with van der Waals surface area (Å²) in [6.45, 7) is 0. The fourth-order valence-electron chi connectivity index (χ4n) is 0.960. The summed E-state index contributed by atoms with van der Waals surface area (Å²) in [5, 5.41) is 9.41. The van der Waals surface area contributed by atoms with Crippen LogP contribution >= 0.6 is 23.2 Å². The Labute approximate surface area is 97.4 Å². The summed E-state index contributed by atoms with van der Waals surface area (Å²) in [4.78, 5) is 10.2. The zero-order valence-electron chi connectivity index (χ0n) is 7.65. The molecule has 1 N–H and O–H groups in total. The highest BCUT2D eigenvalue weighted by molar-refractivity contribution is 6.37. The number of hydrogen-bond donors (Lipinski definition) is 1. The summed E-state index contributed by atoms with van der Waals surface area (Å²) in [6.07, 6.45) is 5.66. The van der Waals surface area contributed by atoms with Gasteiger partial charge in [0.25, 0.3) is 0 Å². The van der Waals surface area contributed by atoms with E-state index in [1.807, 2.05) is 0 Å². The van der Waals surface area contributed by atoms with Crippen molar-refractivity contribution in [1.29, 1.82) is 0 Å². The van der Waals surface area contributed by atoms with E-state index >= 15 is 0 Å². The van der Waals surface area contributed by atoms with Crippen LogP contribution in [0.25, 0.3) is 6.08 Å². The zero-order chi connectivity index (χ0) is 11.3. The predicted octanol–water partition coefficient (Wildman–Crippen LogP) is 3.65. The standard InChI is InChI=1S/C11H8Cl2O2/c12-9-5-3-6-10(13)8(9)4-1-2-7-11(14)15/h1-7H,(H,14,15)/b4-1+,7-2+. The topological polar surface area (TPSA) is 37.3 Å². The predicted molar refractivity (Wildman–Crippen MR) is 62.3 cm³/mol. The molecule has 0 aliphatic carbocycles. The number of halogens is 2. The van der Waals surface area contributed by atoms with Crippen LogP contribution in [0.4, 0.5) is 0 Å². The highest BCUT2D eigenvalue weighted by Crippen LogP contribution is 2.25. The lowest BCUT2D eigenvalue weighted by atomic mass is 10.2. The van der Waals surface area contributed by atoms with Gasteiger partial charge in [-0.15, -0.1) is 0 Å². The molecule has 0 aromatic heterocycles. The molecule has 4 heteroatoms. The second kappa shape index (κ2) is 5.59. The molecule has 0 aliphatic rings. The molecule has 78 valence electrons. The van der Waals surface area contributed by atoms with Gasteiger partial charge in [0.15, 0.2) is 0 Å². The zero-order valence-corrected chi connectivity index (χ0v) is 9.16. The third-order valence-corrected chi connectivity index (χ3v) is 2.27. The van der Waals surface area contributed by atoms with Gasteiger partial charge in [0, 0.05) is 21.7 Å². The van der Waals surface area contributed by atoms with Crippen LogP contribution in [0.3, 0.4) is 0 Å². The number of carboxylic acids is 1. The quantitative estimate of drug-likeness (QED) is 0.649. The van der Waals surface area contributed by atoms with Crippen LogP contribution in [0.1, 0.15) is 5.56 Å². The lowest BCUT2D eigenvalue weighted by Gasteiger charge is -1.99. The van der Waals surface area contributed by atoms with Gasteiger partial charge in [-0.05, 0) is 12.1 Å². The van der Waals surface area contributed by atoms with Crippen molar-refractivity contribution in [3.63, 3.8) is 0 Å². The van der Waals surface area contributed by atoms with Gasteiger partial charge in [-0.25, -0.2) is 4.79 Å². The van der Waals surface area contributed by atoms with E-state index in [0.717, 1.165) is 6.08 Å². The van der Waals surface area contributed by atoms with Gasteiger partial charge in [-0.1, -0.05) is 47.5 Å². The lowest BCUT2D eigenvalue weighted by molar-refractivity contribution is -0.131. The number of carbonyl (C=O) groups is 1. The summed E-state index contributed by atoms with van der Waals surface area (Å²) in [6, 6.07) is 5.18. The van der Waals surface area contributed by atoms with E-state index < -0.39 is 5.97 Å². The molecule has 0 amide bonds. The van der Waals surface area contributed by atoms with Gasteiger partial charge in [-0.2, -0.15) is 0 Å². The Hall–Kier alpha value is -1.25. The summed E-state index contributed by atoms with van der Waals surface area (Å²) >= 11 is 11.8. The van der Waals surface area contributed by atoms with Crippen LogP contribution in [-0.4, -0.2) is 11.1 Å². The third-order valence-electron chi connectivity index (χ3n) is 1.61. The first-order chi connectivity index (χ1) is 7.11. The van der Waals surface area contributed by atoms with Gasteiger partial charge in [0.05, 0.1) is 0 Å². The number of benzene rings is 1. The molecule has 1 aromatic carbocycles. The first-order valence-electron chi connectivity index (χ1n) is 4.13. The van der Waals surface area contributed by atoms with E-state index in [1.54, 1.807) is 30.4 Å². The number of rotatable bonds is 3. The molecular weight excluding hydrogens is 235 g/mol. The molecule has 0 spiro atoms. The number of carboxylic acid groups (broad SMARTS) is 1. The molecule has 0 unspecified atom stereocenters. The van der Waals surface area contributed by atoms with Crippen molar-refractivity contribution in [3.05, 3.63) is 52.0 Å². The van der Waals surface area contributed by atoms with Gasteiger partial charge < -0.3 is 5.11 Å². The SMILES string of the molecule is O=C(O)/C=C/C=C/c1c(Cl)cccc1Cl. The molecule has 0 saturated heterocycles. The van der Waals surface area contributed by atoms with Crippen molar-refractivity contribution in [2.45, 2.75) is 0 Å². The minimum absolute atomic E-state index is 0.530. The highest BCUT2D eigenvalue weighted by atomic mass is 35.5. The maximum absolute atomic E-state index is 10.2. The normalized spacial score (nSPS) is 11.3. The Morgan fingerprint density at radius 2 is 1.80 bits per heavy atom. The van der Waals surface area contributed by atoms with E-state index in [9.17, 15) is 4.79 Å². The molecule has 0 fully saturated rings. The van der Waals surface area contributed by atoms with E-state index in [4.69, 9.17) is 28.3 Å². The number of aliphatic carboxylic acids is 1. The molecular formula is C11H8Cl2O2. The molecule has 0 radical (unpaired) electrons. The van der Waals surface area contributed by atoms with Crippen LogP contribution in [-0.2, 0) is 4.79 Å². The maximum Gasteiger partial charge on any atom is 0.328 e. The fourth-order valence-corrected chi connectivity index (χ4v) is 1.48. The van der Waals surface area contributed by atoms with Crippen molar-refractivity contribution < 1.29 is 9.90 Å². The van der Waals surface area contributed by atoms with Crippen LogP contribution < -0.4 is 0 Å². The minimum Gasteiger partial charge on any atom is -0.478 e. The Morgan fingerprint density at radius 3 is 2.33 bits per heavy atom. The second-order valence-electron chi connectivity index (χ2n) is 2.69. The summed E-state index contributed by atoms with van der Waals surface area (Å²) in [7, 11) is 0. The Morgan fingerprint density at radius 1 is 1.20 bits per heavy atom. The molecule has 2 nitrogen and oxygen atoms in total. The van der Waals surface area contributed by atoms with Crippen molar-refractivity contribution in [1.82, 2.24) is 0 Å². The summed E-state index contributed by atoms with van der Waals surface area (Å²) < 4.78 is 0. The molecule has 0 atom stereocenters. The second-order valence-corrected chi connectivity index (χ2v) is 3.51. The monoisotopic (exact) mass is 242 g/mol. The third kappa shape index (κ3) is 3.78. The van der Waals surface area contributed by atoms with Crippen molar-refractivity contribution in [2.24, 2.45) is 0 Å². The van der Waals surface area contributed by atoms with Crippen molar-refractivity contribution in [2.75, 3.05) is 0 Å². The van der Waals surface area contributed by atoms with E-state index in [2.05, 4.69) is 0 Å². The van der Waals surface area contributed by atoms with Crippen LogP contribution in [0.15, 0.2) is 36.4 Å². The average Bonchev–Trinajstić information content (AvgIpc) is 2.15. The molecule has 0 aliphatic heterocycles. The van der Waals surface area contributed by atoms with Gasteiger partial charge in [0.1, 0.15) is 0 Å². The summed E-state index contributed by atoms with van der Waals surface area (Å²) in [5.74, 6) is -0.995. The first kappa shape index (κ1) is 11.8. The first-order valence-corrected chi connectivity index (χ1v) is 4.88. The molecule has 0 saturated carbocycles. The molecule has 15 heavy (non-hydrogen) atoms. The number of hydrogen-bond acceptors (Lipinski definition) is 1. The smallest absolute Gasteiger partial charge is 0.328 e. The number of allylic oxidation sites excluding steroid dienone is 2. The Bertz CT molecular complexity index is 402. The Kier molecular flexibility index (Phi) is 4.40. The van der Waals surface area contributed by atoms with Crippen LogP contribution in [0.5, 0.6) is 0 Å². The lowest BCUT2D eigenvalue weighted by Crippen LogP contribution is -1.84. The van der Waals surface area contributed by atoms with Crippen LogP contribution in [0.2, 0.25) is 10.0 Å².